The minimum absolute atomic E-state index is 0.118. The molecule has 1 N–H and O–H groups in total. The van der Waals surface area contributed by atoms with E-state index in [0.717, 1.165) is 32.8 Å². The summed E-state index contributed by atoms with van der Waals surface area (Å²) in [5, 5.41) is 14.7. The van der Waals surface area contributed by atoms with E-state index in [2.05, 4.69) is 15.5 Å². The number of nitrogens with one attached hydrogen (secondary N) is 1. The predicted octanol–water partition coefficient (Wildman–Crippen LogP) is 4.66. The van der Waals surface area contributed by atoms with Crippen molar-refractivity contribution in [3.8, 4) is 27.8 Å². The first-order chi connectivity index (χ1) is 15.6. The van der Waals surface area contributed by atoms with E-state index in [9.17, 15) is 4.79 Å². The number of thioether (sulfide) groups is 1. The molecule has 0 saturated heterocycles. The van der Waals surface area contributed by atoms with E-state index in [1.54, 1.807) is 31.9 Å². The molecule has 1 amide bonds. The lowest BCUT2D eigenvalue weighted by atomic mass is 10.2. The highest BCUT2D eigenvalue weighted by atomic mass is 32.2. The van der Waals surface area contributed by atoms with Gasteiger partial charge in [-0.25, -0.2) is 4.98 Å². The van der Waals surface area contributed by atoms with Gasteiger partial charge in [0.15, 0.2) is 16.7 Å². The van der Waals surface area contributed by atoms with Gasteiger partial charge in [0.2, 0.25) is 5.91 Å². The largest absolute Gasteiger partial charge is 0.493 e. The van der Waals surface area contributed by atoms with E-state index in [4.69, 9.17) is 14.5 Å². The van der Waals surface area contributed by atoms with Crippen LogP contribution in [-0.2, 0) is 10.5 Å². The molecular weight excluding hydrogens is 446 g/mol. The van der Waals surface area contributed by atoms with Gasteiger partial charge in [-0.2, -0.15) is 0 Å². The normalized spacial score (nSPS) is 10.7. The third-order valence-corrected chi connectivity index (χ3v) is 6.40. The Morgan fingerprint density at radius 1 is 1.19 bits per heavy atom. The fraction of sp³-hybridized carbons (Fsp3) is 0.182. The summed E-state index contributed by atoms with van der Waals surface area (Å²) in [7, 11) is 3.24. The Hall–Kier alpha value is -3.37. The van der Waals surface area contributed by atoms with Gasteiger partial charge in [-0.05, 0) is 30.3 Å². The molecule has 0 saturated carbocycles. The van der Waals surface area contributed by atoms with Crippen LogP contribution in [0, 0.1) is 0 Å². The molecule has 0 bridgehead atoms. The number of nitrogens with zero attached hydrogens (tertiary/aromatic N) is 4. The van der Waals surface area contributed by atoms with Crippen molar-refractivity contribution in [3.05, 3.63) is 59.9 Å². The molecular formula is C22H21N5O3S2. The van der Waals surface area contributed by atoms with E-state index in [1.165, 1.54) is 18.7 Å². The number of methoxy groups -OCH3 is 2. The molecule has 0 spiro atoms. The highest BCUT2D eigenvalue weighted by molar-refractivity contribution is 7.98. The summed E-state index contributed by atoms with van der Waals surface area (Å²) in [6.45, 7) is 1.48. The van der Waals surface area contributed by atoms with Crippen molar-refractivity contribution in [2.75, 3.05) is 19.5 Å². The molecule has 0 aliphatic heterocycles. The summed E-state index contributed by atoms with van der Waals surface area (Å²) in [6.07, 6.45) is 1.66. The standard InChI is InChI=1S/C22H21N5O3S2/c1-14(28)24-15-6-4-7-17(10-15)27-13-23-26-22(27)32-12-16-11-31-21(25-16)18-8-5-9-19(29-2)20(18)30-3/h4-11,13H,12H2,1-3H3,(H,24,28). The Kier molecular flexibility index (Phi) is 6.72. The molecule has 0 fully saturated rings. The van der Waals surface area contributed by atoms with Crippen LogP contribution in [0.4, 0.5) is 5.69 Å². The Bertz CT molecular complexity index is 1240. The maximum Gasteiger partial charge on any atom is 0.221 e. The topological polar surface area (TPSA) is 91.2 Å². The second-order valence-corrected chi connectivity index (χ2v) is 8.49. The number of rotatable bonds is 8. The maximum absolute atomic E-state index is 11.4. The van der Waals surface area contributed by atoms with E-state index in [-0.39, 0.29) is 5.91 Å². The Morgan fingerprint density at radius 2 is 2.03 bits per heavy atom. The van der Waals surface area contributed by atoms with Crippen molar-refractivity contribution in [1.29, 1.82) is 0 Å². The summed E-state index contributed by atoms with van der Waals surface area (Å²) in [6, 6.07) is 13.3. The number of carbonyl (C=O) groups excluding carboxylic acids is 1. The van der Waals surface area contributed by atoms with Crippen LogP contribution in [0.5, 0.6) is 11.5 Å². The quantitative estimate of drug-likeness (QED) is 0.377. The van der Waals surface area contributed by atoms with Gasteiger partial charge in [0.25, 0.3) is 0 Å². The molecule has 2 heterocycles. The van der Waals surface area contributed by atoms with Gasteiger partial charge >= 0.3 is 0 Å². The number of carbonyl (C=O) groups is 1. The molecule has 0 aliphatic rings. The van der Waals surface area contributed by atoms with Crippen molar-refractivity contribution in [2.45, 2.75) is 17.8 Å². The molecule has 8 nitrogen and oxygen atoms in total. The molecule has 32 heavy (non-hydrogen) atoms. The molecule has 2 aromatic heterocycles. The van der Waals surface area contributed by atoms with Crippen molar-refractivity contribution in [1.82, 2.24) is 19.7 Å². The van der Waals surface area contributed by atoms with Gasteiger partial charge in [-0.1, -0.05) is 23.9 Å². The molecule has 0 atom stereocenters. The first-order valence-electron chi connectivity index (χ1n) is 9.65. The van der Waals surface area contributed by atoms with Crippen molar-refractivity contribution in [3.63, 3.8) is 0 Å². The minimum atomic E-state index is -0.118. The van der Waals surface area contributed by atoms with E-state index in [0.29, 0.717) is 17.3 Å². The zero-order valence-electron chi connectivity index (χ0n) is 17.7. The van der Waals surface area contributed by atoms with Crippen molar-refractivity contribution >= 4 is 34.7 Å². The van der Waals surface area contributed by atoms with Crippen LogP contribution >= 0.6 is 23.1 Å². The van der Waals surface area contributed by atoms with Crippen LogP contribution in [0.1, 0.15) is 12.6 Å². The van der Waals surface area contributed by atoms with Crippen LogP contribution in [-0.4, -0.2) is 39.9 Å². The highest BCUT2D eigenvalue weighted by Crippen LogP contribution is 2.39. The van der Waals surface area contributed by atoms with E-state index >= 15 is 0 Å². The average Bonchev–Trinajstić information content (AvgIpc) is 3.46. The number of anilines is 1. The van der Waals surface area contributed by atoms with Gasteiger partial charge in [0, 0.05) is 23.7 Å². The Balaban J connectivity index is 1.51. The molecule has 10 heteroatoms. The van der Waals surface area contributed by atoms with Crippen molar-refractivity contribution in [2.24, 2.45) is 0 Å². The fourth-order valence-electron chi connectivity index (χ4n) is 3.13. The number of aromatic nitrogens is 4. The number of hydrogen-bond acceptors (Lipinski definition) is 8. The van der Waals surface area contributed by atoms with Crippen LogP contribution < -0.4 is 14.8 Å². The van der Waals surface area contributed by atoms with Gasteiger partial charge < -0.3 is 14.8 Å². The average molecular weight is 468 g/mol. The van der Waals surface area contributed by atoms with E-state index in [1.807, 2.05) is 52.4 Å². The third-order valence-electron chi connectivity index (χ3n) is 4.50. The van der Waals surface area contributed by atoms with Crippen LogP contribution in [0.25, 0.3) is 16.3 Å². The van der Waals surface area contributed by atoms with Crippen molar-refractivity contribution < 1.29 is 14.3 Å². The van der Waals surface area contributed by atoms with Gasteiger partial charge in [-0.15, -0.1) is 21.5 Å². The molecule has 164 valence electrons. The molecule has 4 rings (SSSR count). The third kappa shape index (κ3) is 4.76. The number of hydrogen-bond donors (Lipinski definition) is 1. The summed E-state index contributed by atoms with van der Waals surface area (Å²) in [4.78, 5) is 16.1. The highest BCUT2D eigenvalue weighted by Gasteiger charge is 2.15. The predicted molar refractivity (Wildman–Crippen MR) is 126 cm³/mol. The first-order valence-corrected chi connectivity index (χ1v) is 11.5. The monoisotopic (exact) mass is 467 g/mol. The molecule has 4 aromatic rings. The van der Waals surface area contributed by atoms with Crippen LogP contribution in [0.2, 0.25) is 0 Å². The molecule has 0 aliphatic carbocycles. The maximum atomic E-state index is 11.4. The summed E-state index contributed by atoms with van der Waals surface area (Å²) in [5.74, 6) is 1.85. The van der Waals surface area contributed by atoms with Gasteiger partial charge in [-0.3, -0.25) is 9.36 Å². The van der Waals surface area contributed by atoms with E-state index < -0.39 is 0 Å². The summed E-state index contributed by atoms with van der Waals surface area (Å²) in [5.41, 5.74) is 3.41. The number of para-hydroxylation sites is 1. The zero-order valence-corrected chi connectivity index (χ0v) is 19.4. The summed E-state index contributed by atoms with van der Waals surface area (Å²) >= 11 is 3.09. The molecule has 0 radical (unpaired) electrons. The summed E-state index contributed by atoms with van der Waals surface area (Å²) < 4.78 is 12.8. The first kappa shape index (κ1) is 21.8. The van der Waals surface area contributed by atoms with Gasteiger partial charge in [0.05, 0.1) is 31.2 Å². The lowest BCUT2D eigenvalue weighted by molar-refractivity contribution is -0.114. The van der Waals surface area contributed by atoms with Crippen LogP contribution in [0.3, 0.4) is 0 Å². The second-order valence-electron chi connectivity index (χ2n) is 6.69. The zero-order chi connectivity index (χ0) is 22.5. The number of amides is 1. The fourth-order valence-corrected chi connectivity index (χ4v) is 4.90. The lowest BCUT2D eigenvalue weighted by Crippen LogP contribution is -2.06. The SMILES string of the molecule is COc1cccc(-c2nc(CSc3nncn3-c3cccc(NC(C)=O)c3)cs2)c1OC. The Labute approximate surface area is 193 Å². The number of benzene rings is 2. The Morgan fingerprint density at radius 3 is 2.81 bits per heavy atom. The molecule has 0 unspecified atom stereocenters. The molecule has 2 aromatic carbocycles. The van der Waals surface area contributed by atoms with Crippen LogP contribution in [0.15, 0.2) is 59.3 Å². The minimum Gasteiger partial charge on any atom is -0.493 e. The lowest BCUT2D eigenvalue weighted by Gasteiger charge is -2.10. The number of ether oxygens (including phenoxy) is 2. The second kappa shape index (κ2) is 9.84. The van der Waals surface area contributed by atoms with Gasteiger partial charge in [0.1, 0.15) is 11.3 Å². The number of thiazole rings is 1. The smallest absolute Gasteiger partial charge is 0.221 e.